The lowest BCUT2D eigenvalue weighted by molar-refractivity contribution is -0.320. The highest BCUT2D eigenvalue weighted by atomic mass is 16.7. The number of Topliss-reactive ketones (excluding diaryl/α,β-unsaturated/α-hetero) is 1. The molecule has 5 aliphatic rings. The molecular weight excluding hydrogens is 786 g/mol. The Balaban J connectivity index is 1.16. The molecule has 3 aliphatic heterocycles. The van der Waals surface area contributed by atoms with Gasteiger partial charge in [0.05, 0.1) is 48.3 Å². The number of nitrogens with zero attached hydrogens (tertiary/aromatic N) is 1. The van der Waals surface area contributed by atoms with Crippen molar-refractivity contribution in [2.45, 2.75) is 133 Å². The second kappa shape index (κ2) is 16.8. The van der Waals surface area contributed by atoms with Gasteiger partial charge in [0.15, 0.2) is 30.4 Å². The van der Waals surface area contributed by atoms with E-state index in [4.69, 9.17) is 33.2 Å². The predicted molar refractivity (Wildman–Crippen MR) is 206 cm³/mol. The van der Waals surface area contributed by atoms with Gasteiger partial charge in [0.1, 0.15) is 41.5 Å². The monoisotopic (exact) mass is 837 g/mol. The highest BCUT2D eigenvalue weighted by Gasteiger charge is 2.55. The lowest BCUT2D eigenvalue weighted by Crippen LogP contribution is -2.58. The van der Waals surface area contributed by atoms with Gasteiger partial charge in [-0.3, -0.25) is 24.0 Å². The third kappa shape index (κ3) is 7.94. The Morgan fingerprint density at radius 3 is 2.22 bits per heavy atom. The van der Waals surface area contributed by atoms with Crippen molar-refractivity contribution in [2.24, 2.45) is 0 Å². The summed E-state index contributed by atoms with van der Waals surface area (Å²) in [6.45, 7) is 6.35. The maximum atomic E-state index is 14.0. The van der Waals surface area contributed by atoms with Crippen LogP contribution < -0.4 is 0 Å². The van der Waals surface area contributed by atoms with E-state index in [2.05, 4.69) is 0 Å². The van der Waals surface area contributed by atoms with Gasteiger partial charge in [-0.1, -0.05) is 12.1 Å². The molecule has 0 amide bonds. The first-order chi connectivity index (χ1) is 28.3. The maximum absolute atomic E-state index is 14.0. The van der Waals surface area contributed by atoms with Crippen LogP contribution in [0, 0.1) is 0 Å². The Morgan fingerprint density at radius 1 is 0.900 bits per heavy atom. The summed E-state index contributed by atoms with van der Waals surface area (Å²) in [7, 11) is 4.76. The molecule has 0 unspecified atom stereocenters. The van der Waals surface area contributed by atoms with Crippen LogP contribution in [-0.2, 0) is 47.5 Å². The second-order valence-electron chi connectivity index (χ2n) is 16.5. The number of fused-ring (bicyclic) bond motifs is 3. The summed E-state index contributed by atoms with van der Waals surface area (Å²) in [5.41, 5.74) is -3.38. The zero-order chi connectivity index (χ0) is 43.5. The molecule has 2 aliphatic carbocycles. The van der Waals surface area contributed by atoms with Crippen LogP contribution in [0.25, 0.3) is 0 Å². The van der Waals surface area contributed by atoms with Crippen molar-refractivity contribution < 1.29 is 77.6 Å². The number of carbonyl (C=O) groups is 5. The van der Waals surface area contributed by atoms with E-state index < -0.39 is 132 Å². The zero-order valence-electron chi connectivity index (χ0n) is 34.4. The Morgan fingerprint density at radius 2 is 1.58 bits per heavy atom. The Hall–Kier alpha value is -4.43. The summed E-state index contributed by atoms with van der Waals surface area (Å²) in [4.78, 5) is 67.8. The number of aliphatic hydroxyl groups excluding tert-OH is 1. The van der Waals surface area contributed by atoms with Crippen molar-refractivity contribution in [2.75, 3.05) is 21.2 Å². The molecule has 17 heteroatoms. The number of esters is 1. The number of likely N-dealkylation sites (N-methyl/N-ethyl adjacent to an activating group) is 1. The Kier molecular flexibility index (Phi) is 12.2. The quantitative estimate of drug-likeness (QED) is 0.215. The van der Waals surface area contributed by atoms with E-state index in [-0.39, 0.29) is 46.4 Å². The molecule has 0 saturated carbocycles. The van der Waals surface area contributed by atoms with Gasteiger partial charge in [-0.15, -0.1) is 0 Å². The molecule has 0 aromatic heterocycles. The average molecular weight is 838 g/mol. The molecule has 2 saturated heterocycles. The Bertz CT molecular complexity index is 2090. The van der Waals surface area contributed by atoms with E-state index in [9.17, 15) is 44.4 Å². The number of phenols is 2. The van der Waals surface area contributed by atoms with Crippen molar-refractivity contribution >= 4 is 29.1 Å². The van der Waals surface area contributed by atoms with Crippen LogP contribution in [-0.4, -0.2) is 143 Å². The second-order valence-corrected chi connectivity index (χ2v) is 16.5. The third-order valence-corrected chi connectivity index (χ3v) is 12.1. The fourth-order valence-electron chi connectivity index (χ4n) is 9.27. The standard InChI is InChI=1S/C43H51NO16/c1-18(45)16-43(53)17-29(34-23(36(43)42(52)54-7)13-24-35(39(34)51)38(50)33-22(37(24)49)9-8-10-27(33)47)58-31-14-25(44(5)6)40(20(3)56-31)60-32-15-28(48)41(21(4)57-32)59-30-12-11-26(46)19(2)55-30/h8-13,19-21,25,28-32,36,40-41,47-48,51,53H,14-17H2,1-7H3/t19-,20-,21-,25-,28-,29-,30-,31-,32-,36-,40+,41+,43+/m0/s1. The first kappa shape index (κ1) is 43.7. The fraction of sp³-hybridized carbons (Fsp3) is 0.558. The van der Waals surface area contributed by atoms with Crippen LogP contribution in [0.3, 0.4) is 0 Å². The molecule has 17 nitrogen and oxygen atoms in total. The third-order valence-electron chi connectivity index (χ3n) is 12.1. The van der Waals surface area contributed by atoms with Crippen LogP contribution in [0.4, 0.5) is 0 Å². The minimum atomic E-state index is -2.13. The number of carbonyl (C=O) groups excluding carboxylic acids is 5. The van der Waals surface area contributed by atoms with Gasteiger partial charge in [0, 0.05) is 48.4 Å². The van der Waals surface area contributed by atoms with Crippen molar-refractivity contribution in [3.8, 4) is 11.5 Å². The van der Waals surface area contributed by atoms with E-state index in [1.807, 2.05) is 19.0 Å². The number of hydrogen-bond acceptors (Lipinski definition) is 17. The molecule has 324 valence electrons. The summed E-state index contributed by atoms with van der Waals surface area (Å²) in [5, 5.41) is 46.0. The Labute approximate surface area is 346 Å². The smallest absolute Gasteiger partial charge is 0.316 e. The van der Waals surface area contributed by atoms with Crippen molar-refractivity contribution in [1.82, 2.24) is 4.90 Å². The molecule has 4 N–H and O–H groups in total. The summed E-state index contributed by atoms with van der Waals surface area (Å²) in [6.07, 6.45) is -6.37. The number of ether oxygens (including phenoxy) is 7. The van der Waals surface area contributed by atoms with Crippen LogP contribution in [0.2, 0.25) is 0 Å². The first-order valence-corrected chi connectivity index (χ1v) is 19.9. The maximum Gasteiger partial charge on any atom is 0.316 e. The van der Waals surface area contributed by atoms with Gasteiger partial charge in [0.2, 0.25) is 5.78 Å². The lowest BCUT2D eigenvalue weighted by Gasteiger charge is -2.48. The molecule has 7 rings (SSSR count). The molecule has 3 heterocycles. The average Bonchev–Trinajstić information content (AvgIpc) is 3.16. The van der Waals surface area contributed by atoms with E-state index >= 15 is 0 Å². The number of phenolic OH excluding ortho intramolecular Hbond substituents is 2. The van der Waals surface area contributed by atoms with Crippen LogP contribution in [0.5, 0.6) is 11.5 Å². The number of benzene rings is 2. The van der Waals surface area contributed by atoms with Crippen LogP contribution >= 0.6 is 0 Å². The van der Waals surface area contributed by atoms with Crippen LogP contribution in [0.15, 0.2) is 36.4 Å². The summed E-state index contributed by atoms with van der Waals surface area (Å²) in [6, 6.07) is 4.84. The normalized spacial score (nSPS) is 35.1. The fourth-order valence-corrected chi connectivity index (χ4v) is 9.27. The number of rotatable bonds is 10. The lowest BCUT2D eigenvalue weighted by atomic mass is 9.66. The van der Waals surface area contributed by atoms with E-state index in [1.165, 1.54) is 43.3 Å². The van der Waals surface area contributed by atoms with Gasteiger partial charge in [0.25, 0.3) is 0 Å². The van der Waals surface area contributed by atoms with Gasteiger partial charge in [-0.05, 0) is 71.6 Å². The molecule has 2 fully saturated rings. The summed E-state index contributed by atoms with van der Waals surface area (Å²) < 4.78 is 42.3. The zero-order valence-corrected chi connectivity index (χ0v) is 34.4. The van der Waals surface area contributed by atoms with Crippen LogP contribution in [0.1, 0.15) is 108 Å². The SMILES string of the molecule is COC(=O)[C@@H]1c2cc3c(c(O)c2[C@@H](O[C@H]2C[C@H](N(C)C)[C@H](O[C@H]4C[C@H](O)[C@H](O[C@H]5C=CC(=O)[C@H](C)O5)[C@H](C)O4)[C@H](C)O2)C[C@]1(O)CC(C)=O)C(=O)c1c(O)cccc1C3=O. The summed E-state index contributed by atoms with van der Waals surface area (Å²) in [5.74, 6) is -5.88. The molecule has 0 bridgehead atoms. The van der Waals surface area contributed by atoms with E-state index in [0.717, 1.165) is 7.11 Å². The van der Waals surface area contributed by atoms with E-state index in [0.29, 0.717) is 0 Å². The molecule has 13 atom stereocenters. The minimum absolute atomic E-state index is 0.0469. The molecular formula is C43H51NO16. The molecule has 2 aromatic rings. The molecule has 60 heavy (non-hydrogen) atoms. The number of hydrogen-bond donors (Lipinski definition) is 4. The highest BCUT2D eigenvalue weighted by Crippen LogP contribution is 2.54. The van der Waals surface area contributed by atoms with Gasteiger partial charge >= 0.3 is 5.97 Å². The number of ketones is 4. The number of aromatic hydroxyl groups is 2. The van der Waals surface area contributed by atoms with E-state index in [1.54, 1.807) is 20.8 Å². The molecule has 0 spiro atoms. The molecule has 2 aromatic carbocycles. The van der Waals surface area contributed by atoms with Crippen molar-refractivity contribution in [3.05, 3.63) is 69.8 Å². The largest absolute Gasteiger partial charge is 0.507 e. The van der Waals surface area contributed by atoms with Gasteiger partial charge < -0.3 is 58.5 Å². The van der Waals surface area contributed by atoms with Crippen molar-refractivity contribution in [1.29, 1.82) is 0 Å². The van der Waals surface area contributed by atoms with Gasteiger partial charge in [-0.2, -0.15) is 0 Å². The van der Waals surface area contributed by atoms with Gasteiger partial charge in [-0.25, -0.2) is 0 Å². The topological polar surface area (TPSA) is 234 Å². The first-order valence-electron chi connectivity index (χ1n) is 19.9. The minimum Gasteiger partial charge on any atom is -0.507 e. The molecule has 0 radical (unpaired) electrons. The highest BCUT2D eigenvalue weighted by molar-refractivity contribution is 6.30. The van der Waals surface area contributed by atoms with Crippen molar-refractivity contribution in [3.63, 3.8) is 0 Å². The number of aliphatic hydroxyl groups is 2. The number of methoxy groups -OCH3 is 1. The summed E-state index contributed by atoms with van der Waals surface area (Å²) >= 11 is 0. The predicted octanol–water partition coefficient (Wildman–Crippen LogP) is 2.50.